The zero-order valence-electron chi connectivity index (χ0n) is 5.23. The normalized spacial score (nSPS) is 9.40. The van der Waals surface area contributed by atoms with E-state index in [9.17, 15) is 0 Å². The van der Waals surface area contributed by atoms with E-state index in [1.807, 2.05) is 0 Å². The Bertz CT molecular complexity index is 211. The van der Waals surface area contributed by atoms with Gasteiger partial charge < -0.3 is 10.0 Å². The highest BCUT2D eigenvalue weighted by atomic mass is 16.4. The largest absolute Gasteiger partial charge is 0.490 e. The van der Waals surface area contributed by atoms with Crippen LogP contribution < -0.4 is 11.1 Å². The lowest BCUT2D eigenvalue weighted by atomic mass is 9.81. The van der Waals surface area contributed by atoms with Crippen molar-refractivity contribution < 1.29 is 10.0 Å². The van der Waals surface area contributed by atoms with Gasteiger partial charge in [0.1, 0.15) is 7.85 Å². The van der Waals surface area contributed by atoms with E-state index in [1.54, 1.807) is 0 Å². The number of hydrogen-bond acceptors (Lipinski definition) is 3. The highest BCUT2D eigenvalue weighted by Crippen LogP contribution is 1.75. The Kier molecular flexibility index (Phi) is 2.09. The standard InChI is InChI=1S/C5H5B2NO2/c6-5-2-1-4(3-8-5)7(9)10/h1-3,9-10H. The van der Waals surface area contributed by atoms with Gasteiger partial charge in [-0.1, -0.05) is 12.1 Å². The monoisotopic (exact) mass is 133 g/mol. The van der Waals surface area contributed by atoms with Crippen LogP contribution in [0.25, 0.3) is 0 Å². The highest BCUT2D eigenvalue weighted by Gasteiger charge is 2.09. The molecule has 0 spiro atoms. The molecule has 10 heavy (non-hydrogen) atoms. The van der Waals surface area contributed by atoms with E-state index in [4.69, 9.17) is 17.9 Å². The zero-order valence-corrected chi connectivity index (χ0v) is 5.23. The lowest BCUT2D eigenvalue weighted by Gasteiger charge is -1.97. The lowest BCUT2D eigenvalue weighted by Crippen LogP contribution is -2.31. The number of rotatable bonds is 1. The van der Waals surface area contributed by atoms with Crippen molar-refractivity contribution in [2.75, 3.05) is 0 Å². The maximum atomic E-state index is 8.59. The smallest absolute Gasteiger partial charge is 0.423 e. The maximum absolute atomic E-state index is 8.59. The summed E-state index contributed by atoms with van der Waals surface area (Å²) in [5, 5.41) is 17.2. The molecule has 0 atom stereocenters. The summed E-state index contributed by atoms with van der Waals surface area (Å²) in [7, 11) is 3.79. The van der Waals surface area contributed by atoms with Gasteiger partial charge in [0.2, 0.25) is 0 Å². The van der Waals surface area contributed by atoms with E-state index < -0.39 is 7.12 Å². The molecule has 1 aromatic heterocycles. The molecule has 0 saturated carbocycles. The summed E-state index contributed by atoms with van der Waals surface area (Å²) in [6.07, 6.45) is 1.32. The van der Waals surface area contributed by atoms with Gasteiger partial charge in [0.25, 0.3) is 0 Å². The molecular formula is C5H5B2NO2. The Morgan fingerprint density at radius 2 is 2.10 bits per heavy atom. The van der Waals surface area contributed by atoms with Crippen LogP contribution in [0.1, 0.15) is 0 Å². The first kappa shape index (κ1) is 7.31. The van der Waals surface area contributed by atoms with Gasteiger partial charge in [0, 0.05) is 11.7 Å². The van der Waals surface area contributed by atoms with Crippen LogP contribution in [-0.2, 0) is 0 Å². The van der Waals surface area contributed by atoms with Crippen molar-refractivity contribution >= 4 is 26.0 Å². The summed E-state index contributed by atoms with van der Waals surface area (Å²) >= 11 is 0. The van der Waals surface area contributed by atoms with E-state index >= 15 is 0 Å². The first-order valence-electron chi connectivity index (χ1n) is 2.77. The van der Waals surface area contributed by atoms with Crippen LogP contribution in [0.2, 0.25) is 0 Å². The molecular weight excluding hydrogens is 128 g/mol. The fourth-order valence-corrected chi connectivity index (χ4v) is 0.569. The quantitative estimate of drug-likeness (QED) is 0.418. The molecule has 2 N–H and O–H groups in total. The fraction of sp³-hybridized carbons (Fsp3) is 0. The molecule has 0 bridgehead atoms. The number of hydrogen-bond donors (Lipinski definition) is 2. The molecule has 48 valence electrons. The Morgan fingerprint density at radius 3 is 2.50 bits per heavy atom. The number of aromatic nitrogens is 1. The van der Waals surface area contributed by atoms with Crippen LogP contribution in [0.15, 0.2) is 18.3 Å². The minimum absolute atomic E-state index is 0.342. The van der Waals surface area contributed by atoms with Gasteiger partial charge in [-0.3, -0.25) is 4.98 Å². The van der Waals surface area contributed by atoms with Crippen LogP contribution in [0, 0.1) is 0 Å². The second-order valence-electron chi connectivity index (χ2n) is 1.89. The number of nitrogens with zero attached hydrogens (tertiary/aromatic N) is 1. The third-order valence-corrected chi connectivity index (χ3v) is 1.11. The van der Waals surface area contributed by atoms with Crippen LogP contribution in [0.5, 0.6) is 0 Å². The van der Waals surface area contributed by atoms with Crippen molar-refractivity contribution in [1.82, 2.24) is 4.98 Å². The van der Waals surface area contributed by atoms with E-state index in [-0.39, 0.29) is 0 Å². The summed E-state index contributed by atoms with van der Waals surface area (Å²) in [6, 6.07) is 3.02. The van der Waals surface area contributed by atoms with Crippen molar-refractivity contribution in [3.8, 4) is 0 Å². The van der Waals surface area contributed by atoms with Gasteiger partial charge in [0.15, 0.2) is 0 Å². The van der Waals surface area contributed by atoms with Crippen molar-refractivity contribution in [3.05, 3.63) is 18.3 Å². The maximum Gasteiger partial charge on any atom is 0.490 e. The van der Waals surface area contributed by atoms with Crippen molar-refractivity contribution in [2.24, 2.45) is 0 Å². The third-order valence-electron chi connectivity index (χ3n) is 1.11. The number of pyridine rings is 1. The summed E-state index contributed by atoms with van der Waals surface area (Å²) in [4.78, 5) is 3.66. The predicted octanol–water partition coefficient (Wildman–Crippen LogP) is -2.44. The van der Waals surface area contributed by atoms with E-state index in [0.717, 1.165) is 0 Å². The minimum atomic E-state index is -1.46. The molecule has 0 aliphatic carbocycles. The summed E-state index contributed by atoms with van der Waals surface area (Å²) < 4.78 is 0. The summed E-state index contributed by atoms with van der Waals surface area (Å²) in [5.74, 6) is 0. The SMILES string of the molecule is [B]c1ccc(B(O)O)cn1. The van der Waals surface area contributed by atoms with E-state index in [1.165, 1.54) is 18.3 Å². The molecule has 3 nitrogen and oxygen atoms in total. The second kappa shape index (κ2) is 2.86. The molecule has 0 saturated heterocycles. The predicted molar refractivity (Wildman–Crippen MR) is 39.5 cm³/mol. The van der Waals surface area contributed by atoms with Gasteiger partial charge in [-0.15, -0.1) is 0 Å². The fourth-order valence-electron chi connectivity index (χ4n) is 0.569. The Hall–Kier alpha value is -0.800. The van der Waals surface area contributed by atoms with Gasteiger partial charge >= 0.3 is 7.12 Å². The molecule has 1 heterocycles. The molecule has 0 aromatic carbocycles. The zero-order chi connectivity index (χ0) is 7.56. The van der Waals surface area contributed by atoms with E-state index in [2.05, 4.69) is 4.98 Å². The Labute approximate surface area is 60.3 Å². The molecule has 0 fully saturated rings. The summed E-state index contributed by atoms with van der Waals surface area (Å²) in [5.41, 5.74) is 0.707. The lowest BCUT2D eigenvalue weighted by molar-refractivity contribution is 0.425. The highest BCUT2D eigenvalue weighted by molar-refractivity contribution is 6.58. The van der Waals surface area contributed by atoms with Gasteiger partial charge in [0.05, 0.1) is 0 Å². The first-order chi connectivity index (χ1) is 4.70. The summed E-state index contributed by atoms with van der Waals surface area (Å²) in [6.45, 7) is 0. The van der Waals surface area contributed by atoms with Crippen molar-refractivity contribution in [3.63, 3.8) is 0 Å². The van der Waals surface area contributed by atoms with Crippen LogP contribution >= 0.6 is 0 Å². The Morgan fingerprint density at radius 1 is 1.40 bits per heavy atom. The molecule has 0 amide bonds. The van der Waals surface area contributed by atoms with Crippen LogP contribution in [0.3, 0.4) is 0 Å². The average Bonchev–Trinajstić information content (AvgIpc) is 1.88. The molecule has 0 unspecified atom stereocenters. The van der Waals surface area contributed by atoms with E-state index in [0.29, 0.717) is 11.1 Å². The average molecular weight is 133 g/mol. The van der Waals surface area contributed by atoms with Crippen LogP contribution in [0.4, 0.5) is 0 Å². The van der Waals surface area contributed by atoms with Gasteiger partial charge in [-0.05, 0) is 5.59 Å². The van der Waals surface area contributed by atoms with Crippen molar-refractivity contribution in [1.29, 1.82) is 0 Å². The van der Waals surface area contributed by atoms with Crippen molar-refractivity contribution in [2.45, 2.75) is 0 Å². The van der Waals surface area contributed by atoms with Gasteiger partial charge in [-0.2, -0.15) is 0 Å². The Balaban J connectivity index is 2.89. The second-order valence-corrected chi connectivity index (χ2v) is 1.89. The minimum Gasteiger partial charge on any atom is -0.423 e. The molecule has 0 aliphatic rings. The molecule has 5 heteroatoms. The molecule has 1 aromatic rings. The molecule has 1 rings (SSSR count). The van der Waals surface area contributed by atoms with Gasteiger partial charge in [-0.25, -0.2) is 0 Å². The molecule has 2 radical (unpaired) electrons. The first-order valence-corrected chi connectivity index (χ1v) is 2.77. The van der Waals surface area contributed by atoms with Crippen LogP contribution in [-0.4, -0.2) is 30.0 Å². The molecule has 0 aliphatic heterocycles. The third kappa shape index (κ3) is 1.59. The topological polar surface area (TPSA) is 53.4 Å².